The molecule has 0 aliphatic carbocycles. The highest BCUT2D eigenvalue weighted by atomic mass is 32.1. The third-order valence-electron chi connectivity index (χ3n) is 10.2. The first-order chi connectivity index (χ1) is 23.3. The van der Waals surface area contributed by atoms with Gasteiger partial charge in [-0.15, -0.1) is 22.7 Å². The zero-order valence-electron chi connectivity index (χ0n) is 33.6. The van der Waals surface area contributed by atoms with Gasteiger partial charge >= 0.3 is 0 Å². The predicted molar refractivity (Wildman–Crippen MR) is 215 cm³/mol. The maximum absolute atomic E-state index is 7.00. The Hall–Kier alpha value is -1.08. The summed E-state index contributed by atoms with van der Waals surface area (Å²) < 4.78 is 27.1. The summed E-state index contributed by atoms with van der Waals surface area (Å²) in [6, 6.07) is 2.48. The van der Waals surface area contributed by atoms with E-state index in [0.717, 1.165) is 44.0 Å². The first-order valence-electron chi connectivity index (χ1n) is 20.0. The predicted octanol–water partition coefficient (Wildman–Crippen LogP) is 13.4. The van der Waals surface area contributed by atoms with Gasteiger partial charge in [0.2, 0.25) is 0 Å². The zero-order valence-corrected chi connectivity index (χ0v) is 35.2. The number of aryl methyl sites for hydroxylation is 1. The molecule has 0 amide bonds. The van der Waals surface area contributed by atoms with Crippen molar-refractivity contribution in [2.24, 2.45) is 17.3 Å². The highest BCUT2D eigenvalue weighted by molar-refractivity contribution is 7.23. The maximum Gasteiger partial charge on any atom is 0.180 e. The van der Waals surface area contributed by atoms with Gasteiger partial charge in [-0.05, 0) is 54.6 Å². The van der Waals surface area contributed by atoms with Crippen molar-refractivity contribution in [1.82, 2.24) is 0 Å². The van der Waals surface area contributed by atoms with Crippen LogP contribution in [-0.2, 0) is 26.7 Å². The standard InChI is InChI=1S/C43H74O4S2/c1-12-17-20-21-24-34-25-35(48-39(34)41(6,7)8)38-36-37(40(49-38)42(9,10)11)47-31-43(30-46-36,28-44-26-32(15-4)22-18-13-2)29-45-27-33(16-5)23-19-14-3/h25,32-33H,12-24,26-31H2,1-11H3. The molecular formula is C43H74O4S2. The summed E-state index contributed by atoms with van der Waals surface area (Å²) in [5, 5.41) is 0. The molecule has 0 saturated heterocycles. The Balaban J connectivity index is 1.95. The number of thiophene rings is 2. The van der Waals surface area contributed by atoms with Crippen molar-refractivity contribution in [3.05, 3.63) is 21.4 Å². The molecule has 0 aromatic carbocycles. The van der Waals surface area contributed by atoms with Crippen molar-refractivity contribution in [3.8, 4) is 21.3 Å². The van der Waals surface area contributed by atoms with E-state index in [-0.39, 0.29) is 16.2 Å². The molecule has 2 aromatic rings. The van der Waals surface area contributed by atoms with Gasteiger partial charge in [0.1, 0.15) is 13.2 Å². The summed E-state index contributed by atoms with van der Waals surface area (Å²) >= 11 is 3.84. The summed E-state index contributed by atoms with van der Waals surface area (Å²) in [6.07, 6.45) is 16.0. The number of hydrogen-bond acceptors (Lipinski definition) is 6. The van der Waals surface area contributed by atoms with Crippen LogP contribution in [0.1, 0.15) is 169 Å². The topological polar surface area (TPSA) is 36.9 Å². The van der Waals surface area contributed by atoms with Crippen LogP contribution in [0.5, 0.6) is 11.5 Å². The number of fused-ring (bicyclic) bond motifs is 1. The molecule has 3 heterocycles. The second-order valence-corrected chi connectivity index (χ2v) is 19.2. The Morgan fingerprint density at radius 2 is 1.20 bits per heavy atom. The number of unbranched alkanes of at least 4 members (excludes halogenated alkanes) is 5. The lowest BCUT2D eigenvalue weighted by molar-refractivity contribution is -0.0715. The largest absolute Gasteiger partial charge is 0.488 e. The van der Waals surface area contributed by atoms with Crippen molar-refractivity contribution >= 4 is 22.7 Å². The van der Waals surface area contributed by atoms with Crippen LogP contribution >= 0.6 is 22.7 Å². The van der Waals surface area contributed by atoms with Gasteiger partial charge in [-0.3, -0.25) is 0 Å². The Bertz CT molecular complexity index is 1190. The molecule has 1 aliphatic heterocycles. The molecule has 2 atom stereocenters. The molecule has 2 aromatic heterocycles. The van der Waals surface area contributed by atoms with E-state index in [9.17, 15) is 0 Å². The molecule has 6 heteroatoms. The van der Waals surface area contributed by atoms with Crippen LogP contribution in [-0.4, -0.2) is 39.6 Å². The third-order valence-corrected chi connectivity index (χ3v) is 13.5. The molecule has 0 saturated carbocycles. The van der Waals surface area contributed by atoms with Crippen LogP contribution in [0, 0.1) is 17.3 Å². The molecule has 0 fully saturated rings. The lowest BCUT2D eigenvalue weighted by Crippen LogP contribution is -2.43. The van der Waals surface area contributed by atoms with E-state index < -0.39 is 0 Å². The van der Waals surface area contributed by atoms with Crippen LogP contribution < -0.4 is 9.47 Å². The van der Waals surface area contributed by atoms with Crippen LogP contribution in [0.4, 0.5) is 0 Å². The van der Waals surface area contributed by atoms with Gasteiger partial charge < -0.3 is 18.9 Å². The molecule has 3 rings (SSSR count). The van der Waals surface area contributed by atoms with E-state index in [1.165, 1.54) is 89.3 Å². The van der Waals surface area contributed by atoms with Gasteiger partial charge in [-0.1, -0.05) is 134 Å². The summed E-state index contributed by atoms with van der Waals surface area (Å²) in [6.45, 7) is 29.2. The smallest absolute Gasteiger partial charge is 0.180 e. The molecule has 0 N–H and O–H groups in total. The van der Waals surface area contributed by atoms with Gasteiger partial charge in [0.05, 0.1) is 28.4 Å². The van der Waals surface area contributed by atoms with E-state index in [0.29, 0.717) is 38.3 Å². The van der Waals surface area contributed by atoms with Crippen LogP contribution in [0.25, 0.3) is 9.75 Å². The molecule has 1 aliphatic rings. The van der Waals surface area contributed by atoms with E-state index in [1.54, 1.807) is 0 Å². The Labute approximate surface area is 310 Å². The molecule has 4 nitrogen and oxygen atoms in total. The maximum atomic E-state index is 7.00. The minimum absolute atomic E-state index is 0.0648. The van der Waals surface area contributed by atoms with E-state index in [4.69, 9.17) is 18.9 Å². The Kier molecular flexibility index (Phi) is 17.5. The monoisotopic (exact) mass is 719 g/mol. The van der Waals surface area contributed by atoms with Gasteiger partial charge in [0, 0.05) is 28.4 Å². The molecule has 0 spiro atoms. The van der Waals surface area contributed by atoms with Gasteiger partial charge in [-0.2, -0.15) is 0 Å². The fourth-order valence-corrected chi connectivity index (χ4v) is 9.42. The van der Waals surface area contributed by atoms with Crippen LogP contribution in [0.3, 0.4) is 0 Å². The molecule has 0 bridgehead atoms. The molecule has 49 heavy (non-hydrogen) atoms. The van der Waals surface area contributed by atoms with Gasteiger partial charge in [0.15, 0.2) is 11.5 Å². The average Bonchev–Trinajstić information content (AvgIpc) is 3.61. The second-order valence-electron chi connectivity index (χ2n) is 17.1. The zero-order chi connectivity index (χ0) is 36.1. The van der Waals surface area contributed by atoms with Crippen molar-refractivity contribution in [2.45, 2.75) is 170 Å². The average molecular weight is 719 g/mol. The van der Waals surface area contributed by atoms with Crippen molar-refractivity contribution < 1.29 is 18.9 Å². The normalized spacial score (nSPS) is 18.1. The molecule has 0 radical (unpaired) electrons. The summed E-state index contributed by atoms with van der Waals surface area (Å²) in [5.41, 5.74) is 1.18. The summed E-state index contributed by atoms with van der Waals surface area (Å²) in [5.74, 6) is 3.06. The fraction of sp³-hybridized carbons (Fsp3) is 0.814. The number of hydrogen-bond donors (Lipinski definition) is 0. The molecular weight excluding hydrogens is 645 g/mol. The third kappa shape index (κ3) is 12.5. The highest BCUT2D eigenvalue weighted by Gasteiger charge is 2.41. The Morgan fingerprint density at radius 1 is 0.673 bits per heavy atom. The quantitative estimate of drug-likeness (QED) is 0.114. The van der Waals surface area contributed by atoms with Gasteiger partial charge in [0.25, 0.3) is 0 Å². The Morgan fingerprint density at radius 3 is 1.69 bits per heavy atom. The van der Waals surface area contributed by atoms with Crippen molar-refractivity contribution in [2.75, 3.05) is 39.6 Å². The van der Waals surface area contributed by atoms with E-state index >= 15 is 0 Å². The van der Waals surface area contributed by atoms with Crippen molar-refractivity contribution in [3.63, 3.8) is 0 Å². The van der Waals surface area contributed by atoms with Gasteiger partial charge in [-0.25, -0.2) is 0 Å². The fourth-order valence-electron chi connectivity index (χ4n) is 6.80. The van der Waals surface area contributed by atoms with E-state index in [1.807, 2.05) is 22.7 Å². The highest BCUT2D eigenvalue weighted by Crippen LogP contribution is 2.56. The second kappa shape index (κ2) is 20.2. The van der Waals surface area contributed by atoms with E-state index in [2.05, 4.69) is 82.2 Å². The van der Waals surface area contributed by atoms with Crippen LogP contribution in [0.15, 0.2) is 6.07 Å². The minimum atomic E-state index is -0.369. The first kappa shape index (κ1) is 42.3. The van der Waals surface area contributed by atoms with Crippen molar-refractivity contribution in [1.29, 1.82) is 0 Å². The minimum Gasteiger partial charge on any atom is -0.488 e. The number of ether oxygens (including phenoxy) is 4. The van der Waals surface area contributed by atoms with Crippen LogP contribution in [0.2, 0.25) is 0 Å². The SMILES string of the molecule is CCCCCCc1cc(-c2sc(C(C)(C)C)c3c2OCC(COCC(CC)CCCC)(COCC(CC)CCCC)CO3)sc1C(C)(C)C. The lowest BCUT2D eigenvalue weighted by atomic mass is 9.90. The summed E-state index contributed by atoms with van der Waals surface area (Å²) in [4.78, 5) is 5.32. The first-order valence-corrected chi connectivity index (χ1v) is 21.7. The number of rotatable bonds is 22. The molecule has 2 unspecified atom stereocenters. The summed E-state index contributed by atoms with van der Waals surface area (Å²) in [7, 11) is 0. The molecule has 282 valence electrons. The lowest BCUT2D eigenvalue weighted by Gasteiger charge is -2.32.